The van der Waals surface area contributed by atoms with E-state index in [1.807, 2.05) is 0 Å². The molecule has 17 heavy (non-hydrogen) atoms. The summed E-state index contributed by atoms with van der Waals surface area (Å²) >= 11 is 0. The third-order valence-corrected chi connectivity index (χ3v) is 2.37. The van der Waals surface area contributed by atoms with Gasteiger partial charge in [-0.25, -0.2) is 0 Å². The molecule has 0 fully saturated rings. The van der Waals surface area contributed by atoms with Crippen LogP contribution in [0.25, 0.3) is 0 Å². The zero-order chi connectivity index (χ0) is 12.9. The fourth-order valence-corrected chi connectivity index (χ4v) is 1.25. The summed E-state index contributed by atoms with van der Waals surface area (Å²) in [5, 5.41) is 18.6. The Morgan fingerprint density at radius 2 is 2.47 bits per heavy atom. The number of amides is 1. The number of aliphatic hydroxyl groups is 1. The van der Waals surface area contributed by atoms with Crippen molar-refractivity contribution in [3.63, 3.8) is 0 Å². The number of nitrogens with two attached hydrogens (primary N) is 1. The molecule has 0 aliphatic heterocycles. The molecule has 0 saturated heterocycles. The minimum absolute atomic E-state index is 0.119. The normalized spacial score (nSPS) is 14.3. The Labute approximate surface area is 99.3 Å². The van der Waals surface area contributed by atoms with Gasteiger partial charge in [0.15, 0.2) is 0 Å². The van der Waals surface area contributed by atoms with E-state index in [2.05, 4.69) is 15.5 Å². The van der Waals surface area contributed by atoms with Gasteiger partial charge in [-0.2, -0.15) is 5.10 Å². The molecular formula is C10H18N4O3. The van der Waals surface area contributed by atoms with E-state index in [1.54, 1.807) is 14.0 Å². The first-order valence-electron chi connectivity index (χ1n) is 5.24. The number of hydrogen-bond donors (Lipinski definition) is 4. The fraction of sp³-hybridized carbons (Fsp3) is 0.600. The highest BCUT2D eigenvalue weighted by atomic mass is 16.5. The summed E-state index contributed by atoms with van der Waals surface area (Å²) in [6.07, 6.45) is 1.79. The molecule has 1 atom stereocenters. The van der Waals surface area contributed by atoms with Crippen molar-refractivity contribution >= 4 is 11.6 Å². The van der Waals surface area contributed by atoms with E-state index in [9.17, 15) is 9.90 Å². The van der Waals surface area contributed by atoms with Gasteiger partial charge >= 0.3 is 0 Å². The molecule has 1 aromatic rings. The Kier molecular flexibility index (Phi) is 4.47. The molecule has 5 N–H and O–H groups in total. The number of nitrogens with one attached hydrogen (secondary N) is 2. The maximum atomic E-state index is 11.6. The van der Waals surface area contributed by atoms with Crippen LogP contribution in [-0.2, 0) is 4.74 Å². The van der Waals surface area contributed by atoms with E-state index < -0.39 is 11.5 Å². The highest BCUT2D eigenvalue weighted by Crippen LogP contribution is 2.09. The van der Waals surface area contributed by atoms with Crippen molar-refractivity contribution in [2.45, 2.75) is 18.9 Å². The zero-order valence-electron chi connectivity index (χ0n) is 9.99. The maximum absolute atomic E-state index is 11.6. The van der Waals surface area contributed by atoms with Gasteiger partial charge in [0.05, 0.1) is 17.5 Å². The molecule has 0 aromatic carbocycles. The lowest BCUT2D eigenvalue weighted by Crippen LogP contribution is -2.41. The minimum atomic E-state index is -1.01. The SMILES string of the molecule is COCCC(C)(O)CNC(=O)c1[nH]ncc1N. The average Bonchev–Trinajstić information content (AvgIpc) is 2.70. The Balaban J connectivity index is 2.45. The summed E-state index contributed by atoms with van der Waals surface area (Å²) < 4.78 is 4.87. The minimum Gasteiger partial charge on any atom is -0.396 e. The van der Waals surface area contributed by atoms with Crippen molar-refractivity contribution in [2.75, 3.05) is 26.0 Å². The topological polar surface area (TPSA) is 113 Å². The molecule has 0 bridgehead atoms. The molecule has 7 heteroatoms. The molecule has 0 spiro atoms. The van der Waals surface area contributed by atoms with E-state index in [4.69, 9.17) is 10.5 Å². The smallest absolute Gasteiger partial charge is 0.271 e. The molecule has 0 radical (unpaired) electrons. The van der Waals surface area contributed by atoms with E-state index in [-0.39, 0.29) is 17.9 Å². The highest BCUT2D eigenvalue weighted by molar-refractivity contribution is 5.96. The van der Waals surface area contributed by atoms with E-state index in [0.29, 0.717) is 13.0 Å². The second kappa shape index (κ2) is 5.65. The molecule has 0 aliphatic carbocycles. The number of nitrogen functional groups attached to an aromatic ring is 1. The van der Waals surface area contributed by atoms with Crippen LogP contribution in [0, 0.1) is 0 Å². The second-order valence-corrected chi connectivity index (χ2v) is 4.12. The third-order valence-electron chi connectivity index (χ3n) is 2.37. The van der Waals surface area contributed by atoms with Gasteiger partial charge in [-0.05, 0) is 6.92 Å². The van der Waals surface area contributed by atoms with Crippen molar-refractivity contribution in [3.05, 3.63) is 11.9 Å². The van der Waals surface area contributed by atoms with Crippen molar-refractivity contribution in [3.8, 4) is 0 Å². The molecule has 0 aliphatic rings. The quantitative estimate of drug-likeness (QED) is 0.537. The van der Waals surface area contributed by atoms with Crippen LogP contribution in [0.3, 0.4) is 0 Å². The van der Waals surface area contributed by atoms with Crippen molar-refractivity contribution in [1.29, 1.82) is 0 Å². The number of anilines is 1. The van der Waals surface area contributed by atoms with Gasteiger partial charge in [-0.15, -0.1) is 0 Å². The van der Waals surface area contributed by atoms with Gasteiger partial charge in [-0.1, -0.05) is 0 Å². The summed E-state index contributed by atoms with van der Waals surface area (Å²) in [5.74, 6) is -0.391. The van der Waals surface area contributed by atoms with Gasteiger partial charge in [0.25, 0.3) is 5.91 Å². The maximum Gasteiger partial charge on any atom is 0.271 e. The first-order valence-corrected chi connectivity index (χ1v) is 5.24. The Bertz CT molecular complexity index is 375. The molecule has 1 heterocycles. The van der Waals surface area contributed by atoms with Crippen LogP contribution in [0.2, 0.25) is 0 Å². The lowest BCUT2D eigenvalue weighted by molar-refractivity contribution is 0.0243. The molecule has 96 valence electrons. The number of carbonyl (C=O) groups is 1. The highest BCUT2D eigenvalue weighted by Gasteiger charge is 2.22. The number of aromatic nitrogens is 2. The average molecular weight is 242 g/mol. The molecule has 0 saturated carbocycles. The lowest BCUT2D eigenvalue weighted by Gasteiger charge is -2.23. The predicted octanol–water partition coefficient (Wildman–Crippen LogP) is -0.491. The monoisotopic (exact) mass is 242 g/mol. The first kappa shape index (κ1) is 13.5. The molecule has 1 rings (SSSR count). The van der Waals surface area contributed by atoms with Gasteiger partial charge in [-0.3, -0.25) is 9.89 Å². The standard InChI is InChI=1S/C10H18N4O3/c1-10(16,3-4-17-2)6-12-9(15)8-7(11)5-13-14-8/h5,16H,3-4,6,11H2,1-2H3,(H,12,15)(H,13,14). The number of hydrogen-bond acceptors (Lipinski definition) is 5. The number of aromatic amines is 1. The molecule has 1 unspecified atom stereocenters. The van der Waals surface area contributed by atoms with E-state index in [0.717, 1.165) is 0 Å². The fourth-order valence-electron chi connectivity index (χ4n) is 1.25. The van der Waals surface area contributed by atoms with Crippen LogP contribution in [-0.4, -0.2) is 47.1 Å². The van der Waals surface area contributed by atoms with Gasteiger partial charge in [0.2, 0.25) is 0 Å². The molecular weight excluding hydrogens is 224 g/mol. The van der Waals surface area contributed by atoms with Crippen LogP contribution >= 0.6 is 0 Å². The first-order chi connectivity index (χ1) is 7.96. The summed E-state index contributed by atoms with van der Waals surface area (Å²) in [4.78, 5) is 11.6. The lowest BCUT2D eigenvalue weighted by atomic mass is 10.0. The van der Waals surface area contributed by atoms with Crippen molar-refractivity contribution in [2.24, 2.45) is 0 Å². The van der Waals surface area contributed by atoms with Gasteiger partial charge < -0.3 is 20.9 Å². The third kappa shape index (κ3) is 4.04. The van der Waals surface area contributed by atoms with E-state index in [1.165, 1.54) is 6.20 Å². The largest absolute Gasteiger partial charge is 0.396 e. The molecule has 7 nitrogen and oxygen atoms in total. The van der Waals surface area contributed by atoms with Crippen LogP contribution in [0.1, 0.15) is 23.8 Å². The van der Waals surface area contributed by atoms with E-state index >= 15 is 0 Å². The summed E-state index contributed by atoms with van der Waals surface area (Å²) in [6, 6.07) is 0. The van der Waals surface area contributed by atoms with Gasteiger partial charge in [0, 0.05) is 26.7 Å². The summed E-state index contributed by atoms with van der Waals surface area (Å²) in [7, 11) is 1.56. The number of rotatable bonds is 6. The molecule has 1 aromatic heterocycles. The Morgan fingerprint density at radius 3 is 3.00 bits per heavy atom. The van der Waals surface area contributed by atoms with Gasteiger partial charge in [0.1, 0.15) is 5.69 Å². The van der Waals surface area contributed by atoms with Crippen molar-refractivity contribution in [1.82, 2.24) is 15.5 Å². The number of ether oxygens (including phenoxy) is 1. The van der Waals surface area contributed by atoms with Crippen LogP contribution in [0.4, 0.5) is 5.69 Å². The Morgan fingerprint density at radius 1 is 1.76 bits per heavy atom. The number of carbonyl (C=O) groups excluding carboxylic acids is 1. The van der Waals surface area contributed by atoms with Crippen molar-refractivity contribution < 1.29 is 14.6 Å². The number of H-pyrrole nitrogens is 1. The number of methoxy groups -OCH3 is 1. The predicted molar refractivity (Wildman–Crippen MR) is 62.5 cm³/mol. The van der Waals surface area contributed by atoms with Crippen LogP contribution in [0.15, 0.2) is 6.20 Å². The Hall–Kier alpha value is -1.60. The summed E-state index contributed by atoms with van der Waals surface area (Å²) in [6.45, 7) is 2.17. The number of nitrogens with zero attached hydrogens (tertiary/aromatic N) is 1. The zero-order valence-corrected chi connectivity index (χ0v) is 9.99. The summed E-state index contributed by atoms with van der Waals surface area (Å²) in [5.41, 5.74) is 4.99. The second-order valence-electron chi connectivity index (χ2n) is 4.12. The van der Waals surface area contributed by atoms with Crippen LogP contribution < -0.4 is 11.1 Å². The molecule has 1 amide bonds. The van der Waals surface area contributed by atoms with Crippen LogP contribution in [0.5, 0.6) is 0 Å².